The molecule has 138 valence electrons. The van der Waals surface area contributed by atoms with Gasteiger partial charge in [0.05, 0.1) is 16.3 Å². The number of nitrogens with two attached hydrogens (primary N) is 1. The predicted molar refractivity (Wildman–Crippen MR) is 110 cm³/mol. The molecular formula is C18H14Br2N4O3. The number of hydrazone groups is 1. The van der Waals surface area contributed by atoms with Gasteiger partial charge >= 0.3 is 0 Å². The van der Waals surface area contributed by atoms with Crippen molar-refractivity contribution in [3.63, 3.8) is 0 Å². The number of amides is 2. The van der Waals surface area contributed by atoms with Gasteiger partial charge in [0.2, 0.25) is 5.91 Å². The van der Waals surface area contributed by atoms with Gasteiger partial charge in [0.1, 0.15) is 12.3 Å². The molecule has 0 radical (unpaired) electrons. The number of aromatic hydroxyl groups is 1. The number of para-hydroxylation sites is 1. The van der Waals surface area contributed by atoms with Crippen LogP contribution in [0.2, 0.25) is 0 Å². The topological polar surface area (TPSA) is 110 Å². The fourth-order valence-electron chi connectivity index (χ4n) is 2.64. The summed E-state index contributed by atoms with van der Waals surface area (Å²) < 4.78 is 2.74. The van der Waals surface area contributed by atoms with Crippen LogP contribution in [0.3, 0.4) is 0 Å². The molecule has 3 aromatic rings. The summed E-state index contributed by atoms with van der Waals surface area (Å²) in [6.07, 6.45) is 3.21. The molecule has 7 nitrogen and oxygen atoms in total. The number of nitrogens with one attached hydrogen (secondary N) is 1. The summed E-state index contributed by atoms with van der Waals surface area (Å²) in [6.45, 7) is 0.0423. The minimum Gasteiger partial charge on any atom is -0.506 e. The van der Waals surface area contributed by atoms with Crippen LogP contribution in [0.1, 0.15) is 15.9 Å². The van der Waals surface area contributed by atoms with Crippen LogP contribution in [-0.2, 0) is 11.3 Å². The van der Waals surface area contributed by atoms with Crippen molar-refractivity contribution in [1.82, 2.24) is 9.99 Å². The van der Waals surface area contributed by atoms with Gasteiger partial charge in [-0.25, -0.2) is 5.43 Å². The first-order valence-corrected chi connectivity index (χ1v) is 9.33. The van der Waals surface area contributed by atoms with Crippen molar-refractivity contribution in [2.45, 2.75) is 6.54 Å². The van der Waals surface area contributed by atoms with Crippen LogP contribution in [0.25, 0.3) is 10.9 Å². The van der Waals surface area contributed by atoms with Gasteiger partial charge in [0.25, 0.3) is 5.91 Å². The number of fused-ring (bicyclic) bond motifs is 1. The van der Waals surface area contributed by atoms with E-state index in [0.717, 1.165) is 10.9 Å². The van der Waals surface area contributed by atoms with Crippen LogP contribution in [0, 0.1) is 0 Å². The van der Waals surface area contributed by atoms with E-state index < -0.39 is 11.8 Å². The average Bonchev–Trinajstić information content (AvgIpc) is 2.95. The highest BCUT2D eigenvalue weighted by molar-refractivity contribution is 9.11. The van der Waals surface area contributed by atoms with Gasteiger partial charge in [0.15, 0.2) is 0 Å². The maximum atomic E-state index is 12.3. The molecule has 2 aromatic carbocycles. The van der Waals surface area contributed by atoms with Crippen LogP contribution in [0.5, 0.6) is 5.75 Å². The Balaban J connectivity index is 1.85. The third-order valence-electron chi connectivity index (χ3n) is 3.79. The van der Waals surface area contributed by atoms with E-state index >= 15 is 0 Å². The van der Waals surface area contributed by atoms with Gasteiger partial charge in [-0.3, -0.25) is 9.59 Å². The van der Waals surface area contributed by atoms with E-state index in [0.29, 0.717) is 14.5 Å². The number of aromatic nitrogens is 1. The van der Waals surface area contributed by atoms with E-state index in [1.807, 2.05) is 24.3 Å². The Hall–Kier alpha value is -2.65. The molecule has 0 bridgehead atoms. The number of phenolic OH excluding ortho intramolecular Hbond substituents is 1. The fraction of sp³-hybridized carbons (Fsp3) is 0.0556. The monoisotopic (exact) mass is 492 g/mol. The lowest BCUT2D eigenvalue weighted by Gasteiger charge is -2.05. The molecule has 1 aromatic heterocycles. The van der Waals surface area contributed by atoms with Gasteiger partial charge in [0, 0.05) is 27.1 Å². The largest absolute Gasteiger partial charge is 0.506 e. The molecular weight excluding hydrogens is 480 g/mol. The molecule has 0 aliphatic rings. The zero-order valence-electron chi connectivity index (χ0n) is 13.8. The molecule has 0 saturated carbocycles. The number of hydrogen-bond acceptors (Lipinski definition) is 4. The van der Waals surface area contributed by atoms with E-state index in [-0.39, 0.29) is 17.9 Å². The Kier molecular flexibility index (Phi) is 5.62. The van der Waals surface area contributed by atoms with Crippen molar-refractivity contribution >= 4 is 60.8 Å². The van der Waals surface area contributed by atoms with E-state index in [9.17, 15) is 14.7 Å². The van der Waals surface area contributed by atoms with Crippen LogP contribution >= 0.6 is 31.9 Å². The molecule has 9 heteroatoms. The summed E-state index contributed by atoms with van der Waals surface area (Å²) in [5.74, 6) is -1.20. The zero-order valence-corrected chi connectivity index (χ0v) is 17.0. The van der Waals surface area contributed by atoms with E-state index in [2.05, 4.69) is 42.4 Å². The summed E-state index contributed by atoms with van der Waals surface area (Å²) >= 11 is 6.45. The molecule has 3 rings (SSSR count). The van der Waals surface area contributed by atoms with Crippen molar-refractivity contribution in [2.75, 3.05) is 0 Å². The van der Waals surface area contributed by atoms with Gasteiger partial charge in [-0.05, 0) is 34.1 Å². The minimum atomic E-state index is -0.563. The predicted octanol–water partition coefficient (Wildman–Crippen LogP) is 3.12. The Labute approximate surface area is 171 Å². The summed E-state index contributed by atoms with van der Waals surface area (Å²) in [6, 6.07) is 10.6. The molecule has 0 aliphatic heterocycles. The fourth-order valence-corrected chi connectivity index (χ4v) is 3.86. The molecule has 4 N–H and O–H groups in total. The van der Waals surface area contributed by atoms with Crippen molar-refractivity contribution in [1.29, 1.82) is 0 Å². The summed E-state index contributed by atoms with van der Waals surface area (Å²) in [4.78, 5) is 23.5. The highest BCUT2D eigenvalue weighted by atomic mass is 79.9. The molecule has 27 heavy (non-hydrogen) atoms. The smallest absolute Gasteiger partial charge is 0.275 e. The van der Waals surface area contributed by atoms with Crippen LogP contribution in [0.4, 0.5) is 0 Å². The first-order chi connectivity index (χ1) is 12.9. The molecule has 0 saturated heterocycles. The lowest BCUT2D eigenvalue weighted by molar-refractivity contribution is -0.118. The van der Waals surface area contributed by atoms with Crippen LogP contribution in [-0.4, -0.2) is 27.7 Å². The minimum absolute atomic E-state index is 0.0423. The molecule has 0 unspecified atom stereocenters. The maximum Gasteiger partial charge on any atom is 0.275 e. The highest BCUT2D eigenvalue weighted by Gasteiger charge is 2.14. The van der Waals surface area contributed by atoms with Crippen molar-refractivity contribution in [2.24, 2.45) is 10.8 Å². The molecule has 1 heterocycles. The maximum absolute atomic E-state index is 12.3. The first-order valence-electron chi connectivity index (χ1n) is 7.74. The van der Waals surface area contributed by atoms with E-state index in [4.69, 9.17) is 5.73 Å². The second kappa shape index (κ2) is 7.93. The molecule has 0 fully saturated rings. The Bertz CT molecular complexity index is 1080. The highest BCUT2D eigenvalue weighted by Crippen LogP contribution is 2.31. The van der Waals surface area contributed by atoms with Crippen LogP contribution in [0.15, 0.2) is 56.6 Å². The zero-order chi connectivity index (χ0) is 19.6. The number of halogens is 2. The number of hydrogen-bond donors (Lipinski definition) is 3. The third kappa shape index (κ3) is 4.20. The normalized spacial score (nSPS) is 11.2. The van der Waals surface area contributed by atoms with Crippen molar-refractivity contribution in [3.8, 4) is 5.75 Å². The number of carbonyl (C=O) groups excluding carboxylic acids is 2. The van der Waals surface area contributed by atoms with Gasteiger partial charge in [-0.1, -0.05) is 34.1 Å². The average molecular weight is 494 g/mol. The SMILES string of the molecule is NC(=O)Cn1cc(C=NNC(=O)c2cc(Br)cc(Br)c2O)c2ccccc21. The number of carbonyl (C=O) groups is 2. The molecule has 0 spiro atoms. The number of primary amides is 1. The number of phenols is 1. The van der Waals surface area contributed by atoms with Gasteiger partial charge in [-0.15, -0.1) is 0 Å². The summed E-state index contributed by atoms with van der Waals surface area (Å²) in [5, 5.41) is 14.8. The summed E-state index contributed by atoms with van der Waals surface area (Å²) in [5.41, 5.74) is 9.29. The summed E-state index contributed by atoms with van der Waals surface area (Å²) in [7, 11) is 0. The quantitative estimate of drug-likeness (QED) is 0.375. The number of benzene rings is 2. The Morgan fingerprint density at radius 2 is 2.00 bits per heavy atom. The molecule has 0 aliphatic carbocycles. The number of nitrogens with zero attached hydrogens (tertiary/aromatic N) is 2. The molecule has 2 amide bonds. The second-order valence-corrected chi connectivity index (χ2v) is 7.45. The standard InChI is InChI=1S/C18H14Br2N4O3/c19-11-5-13(17(26)14(20)6-11)18(27)23-22-7-10-8-24(9-16(21)25)15-4-2-1-3-12(10)15/h1-8,26H,9H2,(H2,21,25)(H,23,27). The van der Waals surface area contributed by atoms with Gasteiger partial charge < -0.3 is 15.4 Å². The van der Waals surface area contributed by atoms with Crippen LogP contribution < -0.4 is 11.2 Å². The van der Waals surface area contributed by atoms with E-state index in [1.54, 1.807) is 16.8 Å². The van der Waals surface area contributed by atoms with Gasteiger partial charge in [-0.2, -0.15) is 5.10 Å². The number of rotatable bonds is 5. The second-order valence-electron chi connectivity index (χ2n) is 5.68. The van der Waals surface area contributed by atoms with E-state index in [1.165, 1.54) is 12.3 Å². The van der Waals surface area contributed by atoms with Crippen molar-refractivity contribution in [3.05, 3.63) is 62.7 Å². The molecule has 0 atom stereocenters. The Morgan fingerprint density at radius 1 is 1.26 bits per heavy atom. The Morgan fingerprint density at radius 3 is 2.74 bits per heavy atom. The lowest BCUT2D eigenvalue weighted by Crippen LogP contribution is -2.18. The first kappa shape index (κ1) is 19.1. The lowest BCUT2D eigenvalue weighted by atomic mass is 10.2. The van der Waals surface area contributed by atoms with Crippen molar-refractivity contribution < 1.29 is 14.7 Å². The third-order valence-corrected chi connectivity index (χ3v) is 4.85.